The Bertz CT molecular complexity index is 179. The van der Waals surface area contributed by atoms with Gasteiger partial charge < -0.3 is 9.84 Å². The summed E-state index contributed by atoms with van der Waals surface area (Å²) in [6, 6.07) is 0. The molecule has 1 aliphatic carbocycles. The minimum absolute atomic E-state index is 0.257. The Morgan fingerprint density at radius 2 is 1.56 bits per heavy atom. The maximum absolute atomic E-state index is 10.6. The van der Waals surface area contributed by atoms with Gasteiger partial charge in [0.1, 0.15) is 0 Å². The minimum Gasteiger partial charge on any atom is -0.390 e. The summed E-state index contributed by atoms with van der Waals surface area (Å²) in [5, 5.41) is 10.6. The van der Waals surface area contributed by atoms with E-state index in [-0.39, 0.29) is 11.7 Å². The van der Waals surface area contributed by atoms with Crippen molar-refractivity contribution in [1.82, 2.24) is 0 Å². The quantitative estimate of drug-likeness (QED) is 0.729. The molecule has 0 aliphatic heterocycles. The predicted octanol–water partition coefficient (Wildman–Crippen LogP) is 3.52. The molecular weight excluding hydrogens is 200 g/mol. The molecule has 16 heavy (non-hydrogen) atoms. The molecule has 1 aliphatic rings. The fourth-order valence-electron chi connectivity index (χ4n) is 3.11. The molecule has 2 heteroatoms. The summed E-state index contributed by atoms with van der Waals surface area (Å²) < 4.78 is 5.76. The van der Waals surface area contributed by atoms with E-state index in [1.807, 2.05) is 0 Å². The molecule has 0 spiro atoms. The zero-order chi connectivity index (χ0) is 12.0. The lowest BCUT2D eigenvalue weighted by Gasteiger charge is -2.39. The molecule has 1 atom stereocenters. The lowest BCUT2D eigenvalue weighted by atomic mass is 9.79. The summed E-state index contributed by atoms with van der Waals surface area (Å²) in [4.78, 5) is 0. The second-order valence-corrected chi connectivity index (χ2v) is 5.20. The van der Waals surface area contributed by atoms with Gasteiger partial charge in [0.15, 0.2) is 0 Å². The first-order valence-electron chi connectivity index (χ1n) is 6.93. The third-order valence-corrected chi connectivity index (χ3v) is 4.39. The molecule has 0 bridgehead atoms. The van der Waals surface area contributed by atoms with Crippen molar-refractivity contribution < 1.29 is 9.84 Å². The molecule has 96 valence electrons. The molecule has 1 rings (SSSR count). The van der Waals surface area contributed by atoms with Crippen molar-refractivity contribution in [3.05, 3.63) is 0 Å². The number of aliphatic hydroxyl groups excluding tert-OH is 1. The van der Waals surface area contributed by atoms with E-state index in [1.54, 1.807) is 7.11 Å². The average Bonchev–Trinajstić information content (AvgIpc) is 2.56. The molecule has 0 aromatic heterocycles. The van der Waals surface area contributed by atoms with Gasteiger partial charge in [0, 0.05) is 7.11 Å². The molecule has 2 nitrogen and oxygen atoms in total. The van der Waals surface area contributed by atoms with Gasteiger partial charge in [-0.3, -0.25) is 0 Å². The van der Waals surface area contributed by atoms with Crippen LogP contribution in [0.25, 0.3) is 0 Å². The molecule has 1 unspecified atom stereocenters. The van der Waals surface area contributed by atoms with E-state index in [4.69, 9.17) is 4.74 Å². The van der Waals surface area contributed by atoms with Gasteiger partial charge in [-0.1, -0.05) is 52.4 Å². The molecule has 0 aromatic rings. The summed E-state index contributed by atoms with van der Waals surface area (Å²) in [7, 11) is 1.77. The highest BCUT2D eigenvalue weighted by Crippen LogP contribution is 2.37. The van der Waals surface area contributed by atoms with Gasteiger partial charge in [0.05, 0.1) is 11.7 Å². The first kappa shape index (κ1) is 14.0. The van der Waals surface area contributed by atoms with Crippen molar-refractivity contribution in [1.29, 1.82) is 0 Å². The Morgan fingerprint density at radius 1 is 1.06 bits per heavy atom. The summed E-state index contributed by atoms with van der Waals surface area (Å²) in [5.74, 6) is 0.387. The Labute approximate surface area is 100 Å². The first-order chi connectivity index (χ1) is 7.70. The Morgan fingerprint density at radius 3 is 1.94 bits per heavy atom. The SMILES string of the molecule is CCC(CC)C(O)C1(OC)CCCCCC1. The maximum Gasteiger partial charge on any atom is 0.0939 e. The highest BCUT2D eigenvalue weighted by atomic mass is 16.5. The van der Waals surface area contributed by atoms with Gasteiger partial charge in [-0.25, -0.2) is 0 Å². The number of hydrogen-bond acceptors (Lipinski definition) is 2. The average molecular weight is 228 g/mol. The van der Waals surface area contributed by atoms with Crippen molar-refractivity contribution in [2.24, 2.45) is 5.92 Å². The van der Waals surface area contributed by atoms with Crippen molar-refractivity contribution in [3.63, 3.8) is 0 Å². The molecule has 0 saturated heterocycles. The fraction of sp³-hybridized carbons (Fsp3) is 1.00. The molecule has 0 amide bonds. The first-order valence-corrected chi connectivity index (χ1v) is 6.93. The van der Waals surface area contributed by atoms with Crippen LogP contribution in [0.3, 0.4) is 0 Å². The van der Waals surface area contributed by atoms with E-state index in [2.05, 4.69) is 13.8 Å². The van der Waals surface area contributed by atoms with Gasteiger partial charge in [-0.05, 0) is 18.8 Å². The molecule has 1 fully saturated rings. The van der Waals surface area contributed by atoms with Crippen LogP contribution in [-0.2, 0) is 4.74 Å². The Kier molecular flexibility index (Phi) is 5.77. The smallest absolute Gasteiger partial charge is 0.0939 e. The molecule has 1 saturated carbocycles. The van der Waals surface area contributed by atoms with E-state index in [1.165, 1.54) is 25.7 Å². The number of hydrogen-bond donors (Lipinski definition) is 1. The third-order valence-electron chi connectivity index (χ3n) is 4.39. The lowest BCUT2D eigenvalue weighted by molar-refractivity contribution is -0.133. The molecular formula is C14H28O2. The third kappa shape index (κ3) is 2.98. The predicted molar refractivity (Wildman–Crippen MR) is 67.5 cm³/mol. The summed E-state index contributed by atoms with van der Waals surface area (Å²) in [6.07, 6.45) is 8.84. The fourth-order valence-corrected chi connectivity index (χ4v) is 3.11. The van der Waals surface area contributed by atoms with Crippen molar-refractivity contribution in [3.8, 4) is 0 Å². The van der Waals surface area contributed by atoms with Gasteiger partial charge in [-0.2, -0.15) is 0 Å². The number of aliphatic hydroxyl groups is 1. The van der Waals surface area contributed by atoms with Crippen LogP contribution in [-0.4, -0.2) is 23.9 Å². The molecule has 1 N–H and O–H groups in total. The molecule has 0 heterocycles. The Balaban J connectivity index is 2.75. The Hall–Kier alpha value is -0.0800. The van der Waals surface area contributed by atoms with Crippen LogP contribution in [0, 0.1) is 5.92 Å². The monoisotopic (exact) mass is 228 g/mol. The van der Waals surface area contributed by atoms with E-state index in [0.717, 1.165) is 25.7 Å². The standard InChI is InChI=1S/C14H28O2/c1-4-12(5-2)13(15)14(16-3)10-8-6-7-9-11-14/h12-13,15H,4-11H2,1-3H3. The van der Waals surface area contributed by atoms with Gasteiger partial charge in [0.2, 0.25) is 0 Å². The summed E-state index contributed by atoms with van der Waals surface area (Å²) in [5.41, 5.74) is -0.257. The van der Waals surface area contributed by atoms with Gasteiger partial charge >= 0.3 is 0 Å². The van der Waals surface area contributed by atoms with E-state index >= 15 is 0 Å². The highest BCUT2D eigenvalue weighted by Gasteiger charge is 2.41. The van der Waals surface area contributed by atoms with Crippen molar-refractivity contribution in [2.75, 3.05) is 7.11 Å². The van der Waals surface area contributed by atoms with Crippen LogP contribution in [0.4, 0.5) is 0 Å². The number of rotatable bonds is 5. The normalized spacial score (nSPS) is 23.1. The minimum atomic E-state index is -0.286. The van der Waals surface area contributed by atoms with Crippen LogP contribution in [0.5, 0.6) is 0 Å². The van der Waals surface area contributed by atoms with Gasteiger partial charge in [-0.15, -0.1) is 0 Å². The topological polar surface area (TPSA) is 29.5 Å². The van der Waals surface area contributed by atoms with Crippen LogP contribution >= 0.6 is 0 Å². The van der Waals surface area contributed by atoms with Crippen LogP contribution in [0.1, 0.15) is 65.2 Å². The van der Waals surface area contributed by atoms with Crippen LogP contribution < -0.4 is 0 Å². The van der Waals surface area contributed by atoms with E-state index in [9.17, 15) is 5.11 Å². The zero-order valence-corrected chi connectivity index (χ0v) is 11.2. The van der Waals surface area contributed by atoms with Gasteiger partial charge in [0.25, 0.3) is 0 Å². The summed E-state index contributed by atoms with van der Waals surface area (Å²) >= 11 is 0. The van der Waals surface area contributed by atoms with E-state index < -0.39 is 0 Å². The largest absolute Gasteiger partial charge is 0.390 e. The molecule has 0 aromatic carbocycles. The number of methoxy groups -OCH3 is 1. The lowest BCUT2D eigenvalue weighted by Crippen LogP contribution is -2.47. The van der Waals surface area contributed by atoms with Crippen molar-refractivity contribution >= 4 is 0 Å². The van der Waals surface area contributed by atoms with Crippen molar-refractivity contribution in [2.45, 2.75) is 76.9 Å². The highest BCUT2D eigenvalue weighted by molar-refractivity contribution is 4.92. The summed E-state index contributed by atoms with van der Waals surface area (Å²) in [6.45, 7) is 4.33. The number of ether oxygens (including phenoxy) is 1. The second-order valence-electron chi connectivity index (χ2n) is 5.20. The zero-order valence-electron chi connectivity index (χ0n) is 11.2. The van der Waals surface area contributed by atoms with Crippen LogP contribution in [0.15, 0.2) is 0 Å². The maximum atomic E-state index is 10.6. The van der Waals surface area contributed by atoms with Crippen LogP contribution in [0.2, 0.25) is 0 Å². The van der Waals surface area contributed by atoms with E-state index in [0.29, 0.717) is 5.92 Å². The second kappa shape index (κ2) is 6.61. The molecule has 0 radical (unpaired) electrons.